The molecule has 82 valence electrons. The number of hydrogen-bond acceptors (Lipinski definition) is 3. The summed E-state index contributed by atoms with van der Waals surface area (Å²) in [4.78, 5) is 6.77. The van der Waals surface area contributed by atoms with Crippen molar-refractivity contribution in [3.8, 4) is 5.69 Å². The van der Waals surface area contributed by atoms with Gasteiger partial charge in [-0.05, 0) is 19.1 Å². The fraction of sp³-hybridized carbons (Fsp3) is 0.182. The quantitative estimate of drug-likeness (QED) is 0.742. The summed E-state index contributed by atoms with van der Waals surface area (Å²) in [5.74, 6) is 0. The van der Waals surface area contributed by atoms with Gasteiger partial charge in [-0.2, -0.15) is 5.10 Å². The lowest BCUT2D eigenvalue weighted by Crippen LogP contribution is -2.20. The van der Waals surface area contributed by atoms with E-state index in [9.17, 15) is 0 Å². The number of hydrogen-bond donors (Lipinski definition) is 0. The minimum atomic E-state index is 0.811. The van der Waals surface area contributed by atoms with Crippen molar-refractivity contribution < 1.29 is 0 Å². The second-order valence-electron chi connectivity index (χ2n) is 3.43. The molecule has 0 aliphatic carbocycles. The molecule has 0 radical (unpaired) electrons. The molecule has 0 unspecified atom stereocenters. The fourth-order valence-electron chi connectivity index (χ4n) is 1.30. The zero-order valence-corrected chi connectivity index (χ0v) is 9.98. The predicted molar refractivity (Wildman–Crippen MR) is 68.0 cm³/mol. The Bertz CT molecular complexity index is 492. The summed E-state index contributed by atoms with van der Waals surface area (Å²) in [5, 5.41) is 4.27. The van der Waals surface area contributed by atoms with Crippen LogP contribution in [0.2, 0.25) is 0 Å². The minimum absolute atomic E-state index is 0.811. The molecule has 0 aromatic carbocycles. The first-order valence-electron chi connectivity index (χ1n) is 4.88. The van der Waals surface area contributed by atoms with Crippen molar-refractivity contribution in [1.82, 2.24) is 14.8 Å². The summed E-state index contributed by atoms with van der Waals surface area (Å²) in [5.41, 5.74) is 1.90. The summed E-state index contributed by atoms with van der Waals surface area (Å²) in [6.07, 6.45) is 7.21. The highest BCUT2D eigenvalue weighted by Crippen LogP contribution is 2.14. The third kappa shape index (κ3) is 2.09. The molecule has 2 aromatic rings. The number of anilines is 1. The molecule has 0 atom stereocenters. The van der Waals surface area contributed by atoms with Crippen molar-refractivity contribution in [2.45, 2.75) is 6.92 Å². The van der Waals surface area contributed by atoms with E-state index in [0.29, 0.717) is 0 Å². The maximum absolute atomic E-state index is 5.10. The van der Waals surface area contributed by atoms with Crippen molar-refractivity contribution in [2.75, 3.05) is 11.9 Å². The first-order valence-corrected chi connectivity index (χ1v) is 5.28. The Labute approximate surface area is 99.5 Å². The van der Waals surface area contributed by atoms with Gasteiger partial charge in [0.05, 0.1) is 35.0 Å². The second kappa shape index (κ2) is 4.40. The zero-order valence-electron chi connectivity index (χ0n) is 9.16. The summed E-state index contributed by atoms with van der Waals surface area (Å²) in [7, 11) is 1.92. The zero-order chi connectivity index (χ0) is 11.5. The maximum Gasteiger partial charge on any atom is 0.0829 e. The van der Waals surface area contributed by atoms with Crippen LogP contribution in [0.4, 0.5) is 5.69 Å². The first-order chi connectivity index (χ1) is 7.68. The van der Waals surface area contributed by atoms with Crippen LogP contribution in [0.15, 0.2) is 36.9 Å². The Morgan fingerprint density at radius 2 is 2.25 bits per heavy atom. The van der Waals surface area contributed by atoms with Crippen LogP contribution in [0, 0.1) is 0 Å². The molecule has 0 fully saturated rings. The molecule has 0 aliphatic rings. The number of pyridine rings is 1. The molecule has 2 rings (SSSR count). The van der Waals surface area contributed by atoms with Crippen molar-refractivity contribution in [1.29, 1.82) is 0 Å². The molecule has 16 heavy (non-hydrogen) atoms. The van der Waals surface area contributed by atoms with E-state index in [-0.39, 0.29) is 0 Å². The first kappa shape index (κ1) is 10.8. The molecule has 0 bridgehead atoms. The van der Waals surface area contributed by atoms with Gasteiger partial charge < -0.3 is 4.90 Å². The van der Waals surface area contributed by atoms with Crippen molar-refractivity contribution in [3.05, 3.63) is 36.9 Å². The Kier molecular flexibility index (Phi) is 2.96. The van der Waals surface area contributed by atoms with Gasteiger partial charge in [0.25, 0.3) is 0 Å². The highest BCUT2D eigenvalue weighted by molar-refractivity contribution is 7.80. The lowest BCUT2D eigenvalue weighted by Gasteiger charge is -2.13. The molecular weight excluding hydrogens is 220 g/mol. The van der Waals surface area contributed by atoms with E-state index >= 15 is 0 Å². The fourth-order valence-corrected chi connectivity index (χ4v) is 1.40. The molecule has 0 aliphatic heterocycles. The Hall–Kier alpha value is -1.75. The second-order valence-corrected chi connectivity index (χ2v) is 4.02. The Morgan fingerprint density at radius 3 is 2.88 bits per heavy atom. The van der Waals surface area contributed by atoms with Crippen molar-refractivity contribution in [2.24, 2.45) is 0 Å². The maximum atomic E-state index is 5.10. The summed E-state index contributed by atoms with van der Waals surface area (Å²) in [6, 6.07) is 3.83. The molecule has 0 saturated heterocycles. The Balaban J connectivity index is 2.30. The third-order valence-electron chi connectivity index (χ3n) is 2.34. The van der Waals surface area contributed by atoms with E-state index in [1.807, 2.05) is 37.2 Å². The van der Waals surface area contributed by atoms with Gasteiger partial charge in [0.2, 0.25) is 0 Å². The van der Waals surface area contributed by atoms with Gasteiger partial charge in [-0.3, -0.25) is 4.98 Å². The van der Waals surface area contributed by atoms with Crippen LogP contribution in [-0.2, 0) is 0 Å². The normalized spacial score (nSPS) is 10.1. The average Bonchev–Trinajstić information content (AvgIpc) is 2.78. The van der Waals surface area contributed by atoms with E-state index in [1.165, 1.54) is 0 Å². The van der Waals surface area contributed by atoms with E-state index < -0.39 is 0 Å². The van der Waals surface area contributed by atoms with Crippen LogP contribution >= 0.6 is 12.2 Å². The van der Waals surface area contributed by atoms with Gasteiger partial charge in [0, 0.05) is 13.2 Å². The van der Waals surface area contributed by atoms with Gasteiger partial charge in [-0.1, -0.05) is 12.2 Å². The smallest absolute Gasteiger partial charge is 0.0829 e. The standard InChI is InChI=1S/C11H12N4S/c1-9(16)14(2)11-7-13-15(8-11)10-4-3-5-12-6-10/h3-8H,1-2H3. The van der Waals surface area contributed by atoms with Crippen LogP contribution in [0.25, 0.3) is 5.69 Å². The minimum Gasteiger partial charge on any atom is -0.337 e. The van der Waals surface area contributed by atoms with Gasteiger partial charge in [-0.15, -0.1) is 0 Å². The molecule has 0 spiro atoms. The number of aromatic nitrogens is 3. The van der Waals surface area contributed by atoms with E-state index in [4.69, 9.17) is 12.2 Å². The molecule has 0 saturated carbocycles. The van der Waals surface area contributed by atoms with E-state index in [1.54, 1.807) is 23.3 Å². The van der Waals surface area contributed by atoms with Crippen LogP contribution in [0.3, 0.4) is 0 Å². The van der Waals surface area contributed by atoms with Gasteiger partial charge in [0.15, 0.2) is 0 Å². The molecule has 0 N–H and O–H groups in total. The lowest BCUT2D eigenvalue weighted by atomic mass is 10.4. The van der Waals surface area contributed by atoms with Gasteiger partial charge in [-0.25, -0.2) is 4.68 Å². The van der Waals surface area contributed by atoms with Crippen molar-refractivity contribution >= 4 is 22.9 Å². The third-order valence-corrected chi connectivity index (χ3v) is 2.61. The van der Waals surface area contributed by atoms with Gasteiger partial charge in [0.1, 0.15) is 0 Å². The SMILES string of the molecule is CC(=S)N(C)c1cnn(-c2cccnc2)c1. The summed E-state index contributed by atoms with van der Waals surface area (Å²) >= 11 is 5.10. The summed E-state index contributed by atoms with van der Waals surface area (Å²) in [6.45, 7) is 1.89. The van der Waals surface area contributed by atoms with Crippen LogP contribution < -0.4 is 4.90 Å². The largest absolute Gasteiger partial charge is 0.337 e. The Morgan fingerprint density at radius 1 is 1.44 bits per heavy atom. The topological polar surface area (TPSA) is 34.0 Å². The number of thiocarbonyl (C=S) groups is 1. The molecule has 4 nitrogen and oxygen atoms in total. The number of nitrogens with zero attached hydrogens (tertiary/aromatic N) is 4. The average molecular weight is 232 g/mol. The monoisotopic (exact) mass is 232 g/mol. The van der Waals surface area contributed by atoms with Crippen LogP contribution in [0.5, 0.6) is 0 Å². The highest BCUT2D eigenvalue weighted by atomic mass is 32.1. The van der Waals surface area contributed by atoms with Crippen LogP contribution in [0.1, 0.15) is 6.92 Å². The van der Waals surface area contributed by atoms with Crippen molar-refractivity contribution in [3.63, 3.8) is 0 Å². The number of rotatable bonds is 2. The predicted octanol–water partition coefficient (Wildman–Crippen LogP) is 2.05. The highest BCUT2D eigenvalue weighted by Gasteiger charge is 2.06. The molecule has 2 aromatic heterocycles. The molecule has 5 heteroatoms. The lowest BCUT2D eigenvalue weighted by molar-refractivity contribution is 0.874. The van der Waals surface area contributed by atoms with Gasteiger partial charge >= 0.3 is 0 Å². The van der Waals surface area contributed by atoms with Crippen LogP contribution in [-0.4, -0.2) is 26.8 Å². The summed E-state index contributed by atoms with van der Waals surface area (Å²) < 4.78 is 1.77. The molecule has 2 heterocycles. The molecule has 0 amide bonds. The van der Waals surface area contributed by atoms with E-state index in [2.05, 4.69) is 10.1 Å². The molecular formula is C11H12N4S. The van der Waals surface area contributed by atoms with E-state index in [0.717, 1.165) is 16.4 Å².